The molecule has 3 rings (SSSR count). The molecule has 0 spiro atoms. The third-order valence-corrected chi connectivity index (χ3v) is 5.23. The van der Waals surface area contributed by atoms with Gasteiger partial charge in [0.1, 0.15) is 0 Å². The van der Waals surface area contributed by atoms with Gasteiger partial charge in [-0.3, -0.25) is 0 Å². The van der Waals surface area contributed by atoms with Crippen LogP contribution in [0.5, 0.6) is 0 Å². The molecule has 0 heterocycles. The van der Waals surface area contributed by atoms with E-state index >= 15 is 0 Å². The van der Waals surface area contributed by atoms with Gasteiger partial charge in [-0.05, 0) is 65.6 Å². The fourth-order valence-electron chi connectivity index (χ4n) is 3.76. The summed E-state index contributed by atoms with van der Waals surface area (Å²) in [6.45, 7) is 15.9. The van der Waals surface area contributed by atoms with Gasteiger partial charge in [0.25, 0.3) is 0 Å². The number of anilines is 2. The van der Waals surface area contributed by atoms with Crippen molar-refractivity contribution < 1.29 is 0 Å². The van der Waals surface area contributed by atoms with Gasteiger partial charge in [-0.1, -0.05) is 77.5 Å². The highest BCUT2D eigenvalue weighted by Gasteiger charge is 2.20. The average molecular weight is 374 g/mol. The average Bonchev–Trinajstić information content (AvgIpc) is 3.01. The van der Waals surface area contributed by atoms with Crippen LogP contribution in [-0.2, 0) is 11.8 Å². The van der Waals surface area contributed by atoms with Crippen molar-refractivity contribution in [3.63, 3.8) is 0 Å². The van der Waals surface area contributed by atoms with E-state index in [1.165, 1.54) is 33.8 Å². The Morgan fingerprint density at radius 3 is 1.71 bits per heavy atom. The minimum absolute atomic E-state index is 0.169. The first-order valence-corrected chi connectivity index (χ1v) is 10.4. The summed E-state index contributed by atoms with van der Waals surface area (Å²) in [6.07, 6.45) is 6.59. The van der Waals surface area contributed by atoms with Crippen LogP contribution in [0, 0.1) is 5.41 Å². The summed E-state index contributed by atoms with van der Waals surface area (Å²) in [6, 6.07) is 18.2. The van der Waals surface area contributed by atoms with Crippen LogP contribution in [0.2, 0.25) is 0 Å². The van der Waals surface area contributed by atoms with Crippen LogP contribution >= 0.6 is 0 Å². The lowest BCUT2D eigenvalue weighted by Gasteiger charge is -2.28. The maximum absolute atomic E-state index is 2.40. The SMILES string of the molecule is CC1=CC=C(N(c2ccc(CC(C)(C)C)cc2)c2ccc(C(C)(C)C)cc2)C1. The standard InChI is InChI=1S/C27H35N/c1-20-8-13-25(18-20)28(24-16-11-22(12-17-24)27(5,6)7)23-14-9-21(10-15-23)19-26(2,3)4/h8-17H,18-19H2,1-7H3. The fourth-order valence-corrected chi connectivity index (χ4v) is 3.76. The Balaban J connectivity index is 1.94. The largest absolute Gasteiger partial charge is 0.314 e. The molecule has 0 aliphatic heterocycles. The molecule has 0 radical (unpaired) electrons. The molecule has 28 heavy (non-hydrogen) atoms. The molecule has 1 nitrogen and oxygen atoms in total. The predicted molar refractivity (Wildman–Crippen MR) is 123 cm³/mol. The summed E-state index contributed by atoms with van der Waals surface area (Å²) in [5, 5.41) is 0. The number of allylic oxidation sites excluding steroid dienone is 3. The Morgan fingerprint density at radius 1 is 0.750 bits per heavy atom. The summed E-state index contributed by atoms with van der Waals surface area (Å²) in [5.41, 5.74) is 8.45. The molecule has 1 aliphatic rings. The minimum atomic E-state index is 0.169. The van der Waals surface area contributed by atoms with Crippen LogP contribution in [0.1, 0.15) is 66.0 Å². The van der Waals surface area contributed by atoms with E-state index in [9.17, 15) is 0 Å². The van der Waals surface area contributed by atoms with E-state index in [1.807, 2.05) is 0 Å². The summed E-state index contributed by atoms with van der Waals surface area (Å²) in [5.74, 6) is 0. The molecule has 0 aromatic heterocycles. The number of hydrogen-bond acceptors (Lipinski definition) is 1. The molecule has 0 saturated heterocycles. The van der Waals surface area contributed by atoms with Crippen molar-refractivity contribution in [2.75, 3.05) is 4.90 Å². The van der Waals surface area contributed by atoms with Gasteiger partial charge in [0, 0.05) is 23.5 Å². The monoisotopic (exact) mass is 373 g/mol. The van der Waals surface area contributed by atoms with Crippen molar-refractivity contribution in [2.45, 2.75) is 66.7 Å². The minimum Gasteiger partial charge on any atom is -0.314 e. The second kappa shape index (κ2) is 7.62. The fraction of sp³-hybridized carbons (Fsp3) is 0.407. The van der Waals surface area contributed by atoms with Crippen LogP contribution in [0.3, 0.4) is 0 Å². The second-order valence-electron chi connectivity index (χ2n) is 10.4. The van der Waals surface area contributed by atoms with Crippen LogP contribution in [-0.4, -0.2) is 0 Å². The topological polar surface area (TPSA) is 3.24 Å². The van der Waals surface area contributed by atoms with Gasteiger partial charge < -0.3 is 4.90 Å². The maximum Gasteiger partial charge on any atom is 0.0458 e. The first kappa shape index (κ1) is 20.5. The molecular formula is C27H35N. The van der Waals surface area contributed by atoms with E-state index < -0.39 is 0 Å². The first-order chi connectivity index (χ1) is 13.0. The smallest absolute Gasteiger partial charge is 0.0458 e. The first-order valence-electron chi connectivity index (χ1n) is 10.4. The van der Waals surface area contributed by atoms with Crippen molar-refractivity contribution in [2.24, 2.45) is 5.41 Å². The van der Waals surface area contributed by atoms with Crippen molar-refractivity contribution >= 4 is 11.4 Å². The van der Waals surface area contributed by atoms with Crippen molar-refractivity contribution in [3.05, 3.63) is 83.1 Å². The number of nitrogens with zero attached hydrogens (tertiary/aromatic N) is 1. The van der Waals surface area contributed by atoms with E-state index in [0.717, 1.165) is 12.8 Å². The summed E-state index contributed by atoms with van der Waals surface area (Å²) >= 11 is 0. The number of hydrogen-bond donors (Lipinski definition) is 0. The summed E-state index contributed by atoms with van der Waals surface area (Å²) in [7, 11) is 0. The van der Waals surface area contributed by atoms with E-state index in [1.54, 1.807) is 0 Å². The molecule has 0 atom stereocenters. The highest BCUT2D eigenvalue weighted by Crippen LogP contribution is 2.36. The Morgan fingerprint density at radius 2 is 1.29 bits per heavy atom. The third kappa shape index (κ3) is 4.95. The van der Waals surface area contributed by atoms with Gasteiger partial charge in [-0.25, -0.2) is 0 Å². The Labute approximate surface area is 171 Å². The normalized spacial score (nSPS) is 14.7. The van der Waals surface area contributed by atoms with E-state index in [-0.39, 0.29) is 5.41 Å². The van der Waals surface area contributed by atoms with Crippen molar-refractivity contribution in [3.8, 4) is 0 Å². The molecule has 2 aromatic rings. The highest BCUT2D eigenvalue weighted by molar-refractivity contribution is 5.70. The molecule has 1 heteroatoms. The van der Waals surface area contributed by atoms with Crippen LogP contribution in [0.15, 0.2) is 72.0 Å². The molecule has 0 bridgehead atoms. The molecular weight excluding hydrogens is 338 g/mol. The van der Waals surface area contributed by atoms with Gasteiger partial charge in [-0.15, -0.1) is 0 Å². The molecule has 0 saturated carbocycles. The molecule has 148 valence electrons. The maximum atomic E-state index is 2.40. The Hall–Kier alpha value is -2.28. The second-order valence-corrected chi connectivity index (χ2v) is 10.4. The third-order valence-electron chi connectivity index (χ3n) is 5.23. The van der Waals surface area contributed by atoms with Crippen molar-refractivity contribution in [1.82, 2.24) is 0 Å². The number of benzene rings is 2. The van der Waals surface area contributed by atoms with E-state index in [0.29, 0.717) is 5.41 Å². The molecule has 0 amide bonds. The quantitative estimate of drug-likeness (QED) is 0.525. The lowest BCUT2D eigenvalue weighted by atomic mass is 9.87. The van der Waals surface area contributed by atoms with Gasteiger partial charge in [0.05, 0.1) is 0 Å². The van der Waals surface area contributed by atoms with Gasteiger partial charge in [0.15, 0.2) is 0 Å². The zero-order chi connectivity index (χ0) is 20.5. The molecule has 2 aromatic carbocycles. The molecule has 0 unspecified atom stereocenters. The number of rotatable bonds is 4. The van der Waals surface area contributed by atoms with Crippen LogP contribution in [0.4, 0.5) is 11.4 Å². The van der Waals surface area contributed by atoms with E-state index in [4.69, 9.17) is 0 Å². The van der Waals surface area contributed by atoms with E-state index in [2.05, 4.69) is 114 Å². The van der Waals surface area contributed by atoms with Crippen molar-refractivity contribution in [1.29, 1.82) is 0 Å². The van der Waals surface area contributed by atoms with Crippen LogP contribution in [0.25, 0.3) is 0 Å². The van der Waals surface area contributed by atoms with Gasteiger partial charge in [-0.2, -0.15) is 0 Å². The lowest BCUT2D eigenvalue weighted by molar-refractivity contribution is 0.411. The molecule has 0 fully saturated rings. The van der Waals surface area contributed by atoms with Crippen LogP contribution < -0.4 is 4.90 Å². The zero-order valence-electron chi connectivity index (χ0n) is 18.6. The molecule has 1 aliphatic carbocycles. The zero-order valence-corrected chi connectivity index (χ0v) is 18.6. The lowest BCUT2D eigenvalue weighted by Crippen LogP contribution is -2.17. The predicted octanol–water partition coefficient (Wildman–Crippen LogP) is 7.94. The summed E-state index contributed by atoms with van der Waals surface area (Å²) in [4.78, 5) is 2.40. The molecule has 0 N–H and O–H groups in total. The highest BCUT2D eigenvalue weighted by atomic mass is 15.1. The van der Waals surface area contributed by atoms with Gasteiger partial charge in [0.2, 0.25) is 0 Å². The Bertz CT molecular complexity index is 866. The Kier molecular flexibility index (Phi) is 5.57. The summed E-state index contributed by atoms with van der Waals surface area (Å²) < 4.78 is 0. The van der Waals surface area contributed by atoms with Gasteiger partial charge >= 0.3 is 0 Å².